The van der Waals surface area contributed by atoms with Crippen molar-refractivity contribution in [3.8, 4) is 0 Å². The molecule has 94 valence electrons. The van der Waals surface area contributed by atoms with Gasteiger partial charge in [0.1, 0.15) is 0 Å². The molecule has 0 saturated heterocycles. The van der Waals surface area contributed by atoms with E-state index in [2.05, 4.69) is 15.5 Å². The third-order valence-corrected chi connectivity index (χ3v) is 3.33. The summed E-state index contributed by atoms with van der Waals surface area (Å²) in [6, 6.07) is 5.71. The van der Waals surface area contributed by atoms with E-state index >= 15 is 0 Å². The lowest BCUT2D eigenvalue weighted by atomic mass is 10.0. The van der Waals surface area contributed by atoms with E-state index in [9.17, 15) is 4.79 Å². The van der Waals surface area contributed by atoms with Gasteiger partial charge in [-0.1, -0.05) is 12.1 Å². The molecule has 0 radical (unpaired) electrons. The van der Waals surface area contributed by atoms with Gasteiger partial charge in [-0.3, -0.25) is 9.89 Å². The van der Waals surface area contributed by atoms with Crippen molar-refractivity contribution < 1.29 is 4.79 Å². The predicted octanol–water partition coefficient (Wildman–Crippen LogP) is 2.90. The third-order valence-electron chi connectivity index (χ3n) is 3.33. The number of benzene rings is 1. The van der Waals surface area contributed by atoms with Crippen LogP contribution >= 0.6 is 0 Å². The summed E-state index contributed by atoms with van der Waals surface area (Å²) in [7, 11) is 0. The van der Waals surface area contributed by atoms with E-state index in [0.29, 0.717) is 11.4 Å². The Bertz CT molecular complexity index is 599. The fourth-order valence-corrected chi connectivity index (χ4v) is 1.78. The molecule has 4 heteroatoms. The molecule has 1 amide bonds. The van der Waals surface area contributed by atoms with Gasteiger partial charge in [-0.2, -0.15) is 5.10 Å². The second-order valence-electron chi connectivity index (χ2n) is 4.52. The van der Waals surface area contributed by atoms with Gasteiger partial charge < -0.3 is 5.32 Å². The molecular formula is C14H17N3O. The van der Waals surface area contributed by atoms with E-state index in [4.69, 9.17) is 0 Å². The van der Waals surface area contributed by atoms with Crippen LogP contribution in [0.15, 0.2) is 18.2 Å². The van der Waals surface area contributed by atoms with Gasteiger partial charge >= 0.3 is 0 Å². The van der Waals surface area contributed by atoms with Gasteiger partial charge in [-0.15, -0.1) is 0 Å². The van der Waals surface area contributed by atoms with Crippen molar-refractivity contribution >= 4 is 11.7 Å². The molecule has 0 fully saturated rings. The Kier molecular flexibility index (Phi) is 3.19. The molecule has 2 N–H and O–H groups in total. The predicted molar refractivity (Wildman–Crippen MR) is 71.9 cm³/mol. The van der Waals surface area contributed by atoms with Gasteiger partial charge in [0.15, 0.2) is 5.82 Å². The number of aryl methyl sites for hydroxylation is 2. The molecule has 1 aromatic heterocycles. The smallest absolute Gasteiger partial charge is 0.257 e. The van der Waals surface area contributed by atoms with Crippen molar-refractivity contribution in [2.45, 2.75) is 27.7 Å². The Morgan fingerprint density at radius 2 is 1.89 bits per heavy atom. The molecule has 2 rings (SSSR count). The quantitative estimate of drug-likeness (QED) is 0.852. The molecule has 18 heavy (non-hydrogen) atoms. The number of hydrogen-bond donors (Lipinski definition) is 2. The maximum atomic E-state index is 12.2. The van der Waals surface area contributed by atoms with E-state index in [-0.39, 0.29) is 5.91 Å². The zero-order valence-electron chi connectivity index (χ0n) is 11.1. The summed E-state index contributed by atoms with van der Waals surface area (Å²) in [6.45, 7) is 7.80. The fourth-order valence-electron chi connectivity index (χ4n) is 1.78. The second kappa shape index (κ2) is 4.64. The minimum atomic E-state index is -0.120. The van der Waals surface area contributed by atoms with Gasteiger partial charge in [0, 0.05) is 16.8 Å². The molecule has 0 atom stereocenters. The minimum Gasteiger partial charge on any atom is -0.305 e. The summed E-state index contributed by atoms with van der Waals surface area (Å²) in [6.07, 6.45) is 0. The Hall–Kier alpha value is -2.10. The van der Waals surface area contributed by atoms with Crippen LogP contribution in [0, 0.1) is 27.7 Å². The van der Waals surface area contributed by atoms with Crippen molar-refractivity contribution in [2.75, 3.05) is 5.32 Å². The normalized spacial score (nSPS) is 10.4. The topological polar surface area (TPSA) is 57.8 Å². The summed E-state index contributed by atoms with van der Waals surface area (Å²) in [5.41, 5.74) is 4.73. The summed E-state index contributed by atoms with van der Waals surface area (Å²) in [5.74, 6) is 0.476. The Balaban J connectivity index is 2.28. The van der Waals surface area contributed by atoms with Crippen molar-refractivity contribution in [1.82, 2.24) is 10.2 Å². The minimum absolute atomic E-state index is 0.120. The van der Waals surface area contributed by atoms with Crippen molar-refractivity contribution in [3.63, 3.8) is 0 Å². The Morgan fingerprint density at radius 1 is 1.17 bits per heavy atom. The first-order chi connectivity index (χ1) is 8.50. The van der Waals surface area contributed by atoms with Crippen LogP contribution in [-0.4, -0.2) is 16.1 Å². The van der Waals surface area contributed by atoms with Crippen LogP contribution in [-0.2, 0) is 0 Å². The number of aromatic nitrogens is 2. The van der Waals surface area contributed by atoms with Crippen molar-refractivity contribution in [1.29, 1.82) is 0 Å². The van der Waals surface area contributed by atoms with Gasteiger partial charge in [0.2, 0.25) is 0 Å². The zero-order chi connectivity index (χ0) is 13.3. The standard InChI is InChI=1S/C14H17N3O/c1-8-6-5-7-12(9(8)2)14(18)15-13-10(3)11(4)16-17-13/h5-7H,1-4H3,(H2,15,16,17,18). The highest BCUT2D eigenvalue weighted by atomic mass is 16.1. The van der Waals surface area contributed by atoms with E-state index < -0.39 is 0 Å². The van der Waals surface area contributed by atoms with E-state index in [0.717, 1.165) is 22.4 Å². The summed E-state index contributed by atoms with van der Waals surface area (Å²) in [4.78, 5) is 12.2. The number of amides is 1. The summed E-state index contributed by atoms with van der Waals surface area (Å²) >= 11 is 0. The second-order valence-corrected chi connectivity index (χ2v) is 4.52. The van der Waals surface area contributed by atoms with Gasteiger partial charge in [0.05, 0.1) is 0 Å². The number of H-pyrrole nitrogens is 1. The number of nitrogens with zero attached hydrogens (tertiary/aromatic N) is 1. The molecule has 0 saturated carbocycles. The van der Waals surface area contributed by atoms with Crippen LogP contribution in [0.25, 0.3) is 0 Å². The van der Waals surface area contributed by atoms with Crippen molar-refractivity contribution in [3.05, 3.63) is 46.1 Å². The highest BCUT2D eigenvalue weighted by Gasteiger charge is 2.13. The lowest BCUT2D eigenvalue weighted by Gasteiger charge is -2.08. The monoisotopic (exact) mass is 243 g/mol. The molecule has 0 spiro atoms. The van der Waals surface area contributed by atoms with Gasteiger partial charge in [0.25, 0.3) is 5.91 Å². The Labute approximate surface area is 106 Å². The number of nitrogens with one attached hydrogen (secondary N) is 2. The fraction of sp³-hybridized carbons (Fsp3) is 0.286. The number of rotatable bonds is 2. The van der Waals surface area contributed by atoms with Crippen LogP contribution in [0.3, 0.4) is 0 Å². The number of carbonyl (C=O) groups excluding carboxylic acids is 1. The number of carbonyl (C=O) groups is 1. The molecule has 0 aliphatic heterocycles. The molecule has 4 nitrogen and oxygen atoms in total. The maximum Gasteiger partial charge on any atom is 0.257 e. The van der Waals surface area contributed by atoms with Gasteiger partial charge in [-0.25, -0.2) is 0 Å². The third kappa shape index (κ3) is 2.14. The summed E-state index contributed by atoms with van der Waals surface area (Å²) < 4.78 is 0. The van der Waals surface area contributed by atoms with Crippen LogP contribution in [0.5, 0.6) is 0 Å². The number of hydrogen-bond acceptors (Lipinski definition) is 2. The molecular weight excluding hydrogens is 226 g/mol. The molecule has 0 unspecified atom stereocenters. The number of aromatic amines is 1. The highest BCUT2D eigenvalue weighted by Crippen LogP contribution is 2.17. The van der Waals surface area contributed by atoms with Crippen LogP contribution in [0.1, 0.15) is 32.7 Å². The molecule has 1 aromatic carbocycles. The summed E-state index contributed by atoms with van der Waals surface area (Å²) in [5, 5.41) is 9.77. The van der Waals surface area contributed by atoms with Crippen LogP contribution < -0.4 is 5.32 Å². The van der Waals surface area contributed by atoms with Crippen molar-refractivity contribution in [2.24, 2.45) is 0 Å². The SMILES string of the molecule is Cc1cccc(C(=O)Nc2n[nH]c(C)c2C)c1C. The van der Waals surface area contributed by atoms with E-state index in [1.54, 1.807) is 0 Å². The van der Waals surface area contributed by atoms with E-state index in [1.165, 1.54) is 0 Å². The van der Waals surface area contributed by atoms with Gasteiger partial charge in [-0.05, 0) is 44.9 Å². The number of anilines is 1. The zero-order valence-corrected chi connectivity index (χ0v) is 11.1. The lowest BCUT2D eigenvalue weighted by Crippen LogP contribution is -2.14. The largest absolute Gasteiger partial charge is 0.305 e. The first-order valence-corrected chi connectivity index (χ1v) is 5.90. The van der Waals surface area contributed by atoms with Crippen LogP contribution in [0.2, 0.25) is 0 Å². The van der Waals surface area contributed by atoms with Crippen LogP contribution in [0.4, 0.5) is 5.82 Å². The molecule has 0 aliphatic carbocycles. The Morgan fingerprint density at radius 3 is 2.50 bits per heavy atom. The molecule has 0 bridgehead atoms. The maximum absolute atomic E-state index is 12.2. The average molecular weight is 243 g/mol. The lowest BCUT2D eigenvalue weighted by molar-refractivity contribution is 0.102. The molecule has 0 aliphatic rings. The molecule has 1 heterocycles. The average Bonchev–Trinajstić information content (AvgIpc) is 2.64. The first kappa shape index (κ1) is 12.4. The highest BCUT2D eigenvalue weighted by molar-refractivity contribution is 6.05. The molecule has 2 aromatic rings. The van der Waals surface area contributed by atoms with E-state index in [1.807, 2.05) is 45.9 Å². The first-order valence-electron chi connectivity index (χ1n) is 5.90.